The van der Waals surface area contributed by atoms with Crippen LogP contribution in [-0.2, 0) is 9.53 Å². The van der Waals surface area contributed by atoms with Crippen LogP contribution in [0.1, 0.15) is 6.42 Å². The average Bonchev–Trinajstić information content (AvgIpc) is 2.37. The molecular weight excluding hydrogens is 178 g/mol. The molecule has 0 aromatic rings. The first kappa shape index (κ1) is 8.94. The van der Waals surface area contributed by atoms with E-state index >= 15 is 0 Å². The number of hydrogen-bond donors (Lipinski definition) is 0. The summed E-state index contributed by atoms with van der Waals surface area (Å²) in [5, 5.41) is 0. The SMILES string of the molecule is COC1=CC2CC(=O)N=CC=C2C=C1. The molecule has 0 aromatic heterocycles. The van der Waals surface area contributed by atoms with Crippen molar-refractivity contribution in [3.05, 3.63) is 35.6 Å². The molecule has 0 saturated carbocycles. The number of fused-ring (bicyclic) bond motifs is 1. The zero-order chi connectivity index (χ0) is 9.97. The zero-order valence-electron chi connectivity index (χ0n) is 7.93. The molecular formula is C11H11NO2. The van der Waals surface area contributed by atoms with Gasteiger partial charge in [0, 0.05) is 18.6 Å². The maximum Gasteiger partial charge on any atom is 0.246 e. The minimum atomic E-state index is -0.0803. The molecule has 0 bridgehead atoms. The van der Waals surface area contributed by atoms with E-state index in [0.29, 0.717) is 6.42 Å². The summed E-state index contributed by atoms with van der Waals surface area (Å²) < 4.78 is 5.11. The number of aliphatic imine (C=N–C) groups is 1. The zero-order valence-corrected chi connectivity index (χ0v) is 7.93. The molecule has 1 heterocycles. The van der Waals surface area contributed by atoms with Gasteiger partial charge in [0.2, 0.25) is 5.91 Å². The van der Waals surface area contributed by atoms with E-state index in [9.17, 15) is 4.79 Å². The quantitative estimate of drug-likeness (QED) is 0.628. The fourth-order valence-electron chi connectivity index (χ4n) is 1.59. The normalized spacial score (nSPS) is 24.9. The van der Waals surface area contributed by atoms with Crippen molar-refractivity contribution in [3.63, 3.8) is 0 Å². The molecule has 1 amide bonds. The maximum absolute atomic E-state index is 11.2. The molecule has 1 aliphatic heterocycles. The van der Waals surface area contributed by atoms with Crippen molar-refractivity contribution in [1.29, 1.82) is 0 Å². The van der Waals surface area contributed by atoms with Crippen LogP contribution in [0.25, 0.3) is 0 Å². The summed E-state index contributed by atoms with van der Waals surface area (Å²) in [5.41, 5.74) is 1.11. The van der Waals surface area contributed by atoms with Gasteiger partial charge in [-0.3, -0.25) is 4.79 Å². The first-order chi connectivity index (χ1) is 6.79. The van der Waals surface area contributed by atoms with Gasteiger partial charge >= 0.3 is 0 Å². The molecule has 1 unspecified atom stereocenters. The Bertz CT molecular complexity index is 375. The third-order valence-electron chi connectivity index (χ3n) is 2.35. The highest BCUT2D eigenvalue weighted by Gasteiger charge is 2.19. The number of ether oxygens (including phenoxy) is 1. The maximum atomic E-state index is 11.2. The van der Waals surface area contributed by atoms with Crippen LogP contribution in [0.15, 0.2) is 40.6 Å². The topological polar surface area (TPSA) is 38.7 Å². The van der Waals surface area contributed by atoms with Crippen molar-refractivity contribution in [2.75, 3.05) is 7.11 Å². The average molecular weight is 189 g/mol. The van der Waals surface area contributed by atoms with Gasteiger partial charge in [-0.2, -0.15) is 0 Å². The Morgan fingerprint density at radius 1 is 1.50 bits per heavy atom. The lowest BCUT2D eigenvalue weighted by Crippen LogP contribution is -2.08. The molecule has 14 heavy (non-hydrogen) atoms. The number of amides is 1. The van der Waals surface area contributed by atoms with Gasteiger partial charge in [-0.1, -0.05) is 6.08 Å². The minimum absolute atomic E-state index is 0.0803. The molecule has 0 radical (unpaired) electrons. The summed E-state index contributed by atoms with van der Waals surface area (Å²) in [6.07, 6.45) is 9.68. The van der Waals surface area contributed by atoms with Crippen molar-refractivity contribution in [2.45, 2.75) is 6.42 Å². The predicted octanol–water partition coefficient (Wildman–Crippen LogP) is 1.63. The summed E-state index contributed by atoms with van der Waals surface area (Å²) >= 11 is 0. The van der Waals surface area contributed by atoms with Gasteiger partial charge in [0.15, 0.2) is 0 Å². The van der Waals surface area contributed by atoms with Crippen LogP contribution < -0.4 is 0 Å². The van der Waals surface area contributed by atoms with Crippen LogP contribution in [0.5, 0.6) is 0 Å². The Morgan fingerprint density at radius 3 is 3.14 bits per heavy atom. The summed E-state index contributed by atoms with van der Waals surface area (Å²) in [6, 6.07) is 0. The summed E-state index contributed by atoms with van der Waals surface area (Å²) in [7, 11) is 1.62. The highest BCUT2D eigenvalue weighted by atomic mass is 16.5. The van der Waals surface area contributed by atoms with Crippen molar-refractivity contribution < 1.29 is 9.53 Å². The standard InChI is InChI=1S/C11H11NO2/c1-14-10-3-2-8-4-5-12-11(13)7-9(8)6-10/h2-6,9H,7H2,1H3. The second kappa shape index (κ2) is 3.62. The molecule has 0 spiro atoms. The molecule has 72 valence electrons. The van der Waals surface area contributed by atoms with Crippen LogP contribution >= 0.6 is 0 Å². The number of methoxy groups -OCH3 is 1. The van der Waals surface area contributed by atoms with E-state index in [2.05, 4.69) is 4.99 Å². The third kappa shape index (κ3) is 1.66. The largest absolute Gasteiger partial charge is 0.497 e. The molecule has 3 heteroatoms. The van der Waals surface area contributed by atoms with E-state index in [-0.39, 0.29) is 11.8 Å². The van der Waals surface area contributed by atoms with E-state index in [1.807, 2.05) is 24.3 Å². The number of carbonyl (C=O) groups excluding carboxylic acids is 1. The minimum Gasteiger partial charge on any atom is -0.497 e. The third-order valence-corrected chi connectivity index (χ3v) is 2.35. The lowest BCUT2D eigenvalue weighted by atomic mass is 9.91. The number of nitrogens with zero attached hydrogens (tertiary/aromatic N) is 1. The highest BCUT2D eigenvalue weighted by Crippen LogP contribution is 2.26. The Hall–Kier alpha value is -1.64. The monoisotopic (exact) mass is 189 g/mol. The van der Waals surface area contributed by atoms with Crippen molar-refractivity contribution in [2.24, 2.45) is 10.9 Å². The number of hydrogen-bond acceptors (Lipinski definition) is 2. The molecule has 1 atom stereocenters. The molecule has 1 aliphatic carbocycles. The van der Waals surface area contributed by atoms with Gasteiger partial charge in [-0.25, -0.2) is 4.99 Å². The number of carbonyl (C=O) groups is 1. The molecule has 0 aromatic carbocycles. The number of rotatable bonds is 1. The molecule has 0 fully saturated rings. The van der Waals surface area contributed by atoms with Crippen LogP contribution in [0, 0.1) is 5.92 Å². The molecule has 0 saturated heterocycles. The lowest BCUT2D eigenvalue weighted by Gasteiger charge is -2.16. The van der Waals surface area contributed by atoms with E-state index in [4.69, 9.17) is 4.74 Å². The fraction of sp³-hybridized carbons (Fsp3) is 0.273. The Labute approximate surface area is 82.5 Å². The van der Waals surface area contributed by atoms with Crippen LogP contribution in [-0.4, -0.2) is 19.2 Å². The lowest BCUT2D eigenvalue weighted by molar-refractivity contribution is -0.118. The fourth-order valence-corrected chi connectivity index (χ4v) is 1.59. The van der Waals surface area contributed by atoms with Gasteiger partial charge in [0.05, 0.1) is 7.11 Å². The van der Waals surface area contributed by atoms with Gasteiger partial charge < -0.3 is 4.74 Å². The smallest absolute Gasteiger partial charge is 0.246 e. The molecule has 2 rings (SSSR count). The van der Waals surface area contributed by atoms with E-state index in [1.165, 1.54) is 0 Å². The highest BCUT2D eigenvalue weighted by molar-refractivity contribution is 5.91. The summed E-state index contributed by atoms with van der Waals surface area (Å²) in [5.74, 6) is 0.843. The van der Waals surface area contributed by atoms with Gasteiger partial charge in [-0.05, 0) is 23.8 Å². The molecule has 3 nitrogen and oxygen atoms in total. The van der Waals surface area contributed by atoms with Gasteiger partial charge in [0.25, 0.3) is 0 Å². The Morgan fingerprint density at radius 2 is 2.36 bits per heavy atom. The van der Waals surface area contributed by atoms with Crippen LogP contribution in [0.4, 0.5) is 0 Å². The second-order valence-electron chi connectivity index (χ2n) is 3.26. The first-order valence-corrected chi connectivity index (χ1v) is 4.50. The van der Waals surface area contributed by atoms with Gasteiger partial charge in [-0.15, -0.1) is 0 Å². The van der Waals surface area contributed by atoms with Crippen molar-refractivity contribution >= 4 is 12.1 Å². The molecule has 0 N–H and O–H groups in total. The molecule has 2 aliphatic rings. The predicted molar refractivity (Wildman–Crippen MR) is 53.9 cm³/mol. The number of allylic oxidation sites excluding steroid dienone is 5. The van der Waals surface area contributed by atoms with Gasteiger partial charge in [0.1, 0.15) is 5.76 Å². The Kier molecular flexibility index (Phi) is 2.31. The summed E-state index contributed by atoms with van der Waals surface area (Å²) in [6.45, 7) is 0. The van der Waals surface area contributed by atoms with E-state index in [1.54, 1.807) is 13.3 Å². The first-order valence-electron chi connectivity index (χ1n) is 4.50. The van der Waals surface area contributed by atoms with Crippen LogP contribution in [0.3, 0.4) is 0 Å². The second-order valence-corrected chi connectivity index (χ2v) is 3.26. The van der Waals surface area contributed by atoms with Crippen molar-refractivity contribution in [3.8, 4) is 0 Å². The van der Waals surface area contributed by atoms with E-state index in [0.717, 1.165) is 11.3 Å². The van der Waals surface area contributed by atoms with Crippen LogP contribution in [0.2, 0.25) is 0 Å². The Balaban J connectivity index is 2.28. The van der Waals surface area contributed by atoms with Crippen molar-refractivity contribution in [1.82, 2.24) is 0 Å². The van der Waals surface area contributed by atoms with E-state index < -0.39 is 0 Å². The summed E-state index contributed by atoms with van der Waals surface area (Å²) in [4.78, 5) is 15.0.